The fraction of sp³-hybridized carbons (Fsp3) is 0.143. The monoisotopic (exact) mass is 168 g/mol. The number of hydrogen-bond acceptors (Lipinski definition) is 3. The van der Waals surface area contributed by atoms with E-state index in [4.69, 9.17) is 14.8 Å². The van der Waals surface area contributed by atoms with Crippen LogP contribution in [-0.4, -0.2) is 17.2 Å². The average Bonchev–Trinajstić information content (AvgIpc) is 2.41. The van der Waals surface area contributed by atoms with E-state index in [1.54, 1.807) is 0 Å². The third-order valence-electron chi connectivity index (χ3n) is 1.89. The quantitative estimate of drug-likeness (QED) is 0.525. The summed E-state index contributed by atoms with van der Waals surface area (Å²) in [5.74, 6) is -1.25. The Balaban J connectivity index is 2.63. The third-order valence-corrected chi connectivity index (χ3v) is 1.89. The zero-order valence-corrected chi connectivity index (χ0v) is 6.12. The minimum absolute atomic E-state index is 0.0509. The van der Waals surface area contributed by atoms with Crippen molar-refractivity contribution < 1.29 is 19.2 Å². The van der Waals surface area contributed by atoms with Crippen LogP contribution in [-0.2, 0) is 11.3 Å². The first-order valence-corrected chi connectivity index (χ1v) is 3.50. The number of phenols is 1. The van der Waals surface area contributed by atoms with Crippen molar-refractivity contribution in [1.82, 2.24) is 0 Å². The van der Waals surface area contributed by atoms with Gasteiger partial charge in [0.1, 0.15) is 0 Å². The van der Waals surface area contributed by atoms with Crippen LogP contribution in [0.5, 0.6) is 5.75 Å². The zero-order chi connectivity index (χ0) is 8.72. The molecule has 0 spiro atoms. The molecule has 1 aromatic rings. The second-order valence-corrected chi connectivity index (χ2v) is 2.63. The van der Waals surface area contributed by atoms with Crippen LogP contribution in [0.3, 0.4) is 0 Å². The number of benzene rings is 1. The average molecular weight is 168 g/mol. The first-order valence-electron chi connectivity index (χ1n) is 3.50. The van der Waals surface area contributed by atoms with Crippen LogP contribution in [0.1, 0.15) is 5.56 Å². The van der Waals surface area contributed by atoms with Gasteiger partial charge in [0.25, 0.3) is 0 Å². The molecule has 0 radical (unpaired) electrons. The number of rotatable bonds is 0. The molecule has 5 heteroatoms. The van der Waals surface area contributed by atoms with Gasteiger partial charge >= 0.3 is 7.12 Å². The highest BCUT2D eigenvalue weighted by Crippen LogP contribution is 2.19. The van der Waals surface area contributed by atoms with Crippen molar-refractivity contribution in [3.63, 3.8) is 0 Å². The zero-order valence-electron chi connectivity index (χ0n) is 6.12. The van der Waals surface area contributed by atoms with Gasteiger partial charge < -0.3 is 14.8 Å². The summed E-state index contributed by atoms with van der Waals surface area (Å²) in [6, 6.07) is 2.78. The van der Waals surface area contributed by atoms with Gasteiger partial charge in [-0.05, 0) is 11.6 Å². The lowest BCUT2D eigenvalue weighted by atomic mass is 9.79. The molecule has 0 unspecified atom stereocenters. The fourth-order valence-corrected chi connectivity index (χ4v) is 1.27. The van der Waals surface area contributed by atoms with Gasteiger partial charge in [-0.1, -0.05) is 6.07 Å². The Morgan fingerprint density at radius 1 is 1.50 bits per heavy atom. The molecule has 1 aliphatic heterocycles. The Bertz CT molecular complexity index is 329. The van der Waals surface area contributed by atoms with E-state index in [2.05, 4.69) is 0 Å². The summed E-state index contributed by atoms with van der Waals surface area (Å²) in [4.78, 5) is 0. The Kier molecular flexibility index (Phi) is 1.56. The van der Waals surface area contributed by atoms with Crippen molar-refractivity contribution in [3.8, 4) is 5.75 Å². The number of halogens is 1. The Morgan fingerprint density at radius 2 is 2.25 bits per heavy atom. The van der Waals surface area contributed by atoms with Crippen molar-refractivity contribution in [2.45, 2.75) is 6.61 Å². The number of aromatic hydroxyl groups is 1. The molecule has 2 N–H and O–H groups in total. The predicted molar refractivity (Wildman–Crippen MR) is 40.5 cm³/mol. The highest BCUT2D eigenvalue weighted by Gasteiger charge is 2.31. The lowest BCUT2D eigenvalue weighted by Gasteiger charge is -2.01. The summed E-state index contributed by atoms with van der Waals surface area (Å²) < 4.78 is 17.8. The molecule has 0 bridgehead atoms. The van der Waals surface area contributed by atoms with E-state index in [0.29, 0.717) is 5.56 Å². The van der Waals surface area contributed by atoms with E-state index in [1.165, 1.54) is 12.1 Å². The molecule has 1 aliphatic rings. The van der Waals surface area contributed by atoms with Crippen molar-refractivity contribution in [2.75, 3.05) is 0 Å². The molecule has 12 heavy (non-hydrogen) atoms. The first-order chi connectivity index (χ1) is 5.70. The predicted octanol–water partition coefficient (Wildman–Crippen LogP) is -0.251. The van der Waals surface area contributed by atoms with E-state index in [9.17, 15) is 4.39 Å². The maximum absolute atomic E-state index is 13.1. The lowest BCUT2D eigenvalue weighted by molar-refractivity contribution is 0.275. The smallest absolute Gasteiger partial charge is 0.494 e. The molecule has 0 saturated heterocycles. The molecule has 0 saturated carbocycles. The Labute approximate surface area is 68.6 Å². The lowest BCUT2D eigenvalue weighted by Crippen LogP contribution is -2.31. The SMILES string of the molecule is OB1OCc2ccc(O)c(F)c21. The molecular formula is C7H6BFO3. The molecule has 0 fully saturated rings. The van der Waals surface area contributed by atoms with Crippen LogP contribution in [0, 0.1) is 5.82 Å². The van der Waals surface area contributed by atoms with Crippen LogP contribution in [0.2, 0.25) is 0 Å². The summed E-state index contributed by atoms with van der Waals surface area (Å²) in [5, 5.41) is 18.1. The first kappa shape index (κ1) is 7.58. The molecule has 3 nitrogen and oxygen atoms in total. The van der Waals surface area contributed by atoms with Gasteiger partial charge in [0.05, 0.1) is 6.61 Å². The topological polar surface area (TPSA) is 49.7 Å². The van der Waals surface area contributed by atoms with E-state index >= 15 is 0 Å². The summed E-state index contributed by atoms with van der Waals surface area (Å²) >= 11 is 0. The maximum Gasteiger partial charge on any atom is 0.494 e. The summed E-state index contributed by atoms with van der Waals surface area (Å²) in [6.45, 7) is 0.188. The maximum atomic E-state index is 13.1. The summed E-state index contributed by atoms with van der Waals surface area (Å²) in [6.07, 6.45) is 0. The molecule has 0 aromatic heterocycles. The fourth-order valence-electron chi connectivity index (χ4n) is 1.27. The molecule has 0 atom stereocenters. The van der Waals surface area contributed by atoms with Gasteiger partial charge in [-0.2, -0.15) is 0 Å². The van der Waals surface area contributed by atoms with E-state index in [0.717, 1.165) is 0 Å². The number of phenolic OH excluding ortho intramolecular Hbond substituents is 1. The van der Waals surface area contributed by atoms with Crippen molar-refractivity contribution in [3.05, 3.63) is 23.5 Å². The standard InChI is InChI=1S/C7H6BFO3/c9-7-5(10)2-1-4-3-12-8(11)6(4)7/h1-2,10-11H,3H2. The van der Waals surface area contributed by atoms with Gasteiger partial charge in [0, 0.05) is 5.46 Å². The molecule has 62 valence electrons. The minimum atomic E-state index is -1.24. The number of fused-ring (bicyclic) bond motifs is 1. The van der Waals surface area contributed by atoms with Crippen LogP contribution in [0.25, 0.3) is 0 Å². The second-order valence-electron chi connectivity index (χ2n) is 2.63. The van der Waals surface area contributed by atoms with Crippen LogP contribution in [0.4, 0.5) is 4.39 Å². The van der Waals surface area contributed by atoms with Crippen molar-refractivity contribution >= 4 is 12.6 Å². The number of hydrogen-bond donors (Lipinski definition) is 2. The highest BCUT2D eigenvalue weighted by atomic mass is 19.1. The second kappa shape index (κ2) is 2.47. The normalized spacial score (nSPS) is 15.0. The molecule has 1 aromatic carbocycles. The third kappa shape index (κ3) is 0.905. The molecule has 1 heterocycles. The highest BCUT2D eigenvalue weighted by molar-refractivity contribution is 6.61. The molecule has 2 rings (SSSR count). The van der Waals surface area contributed by atoms with E-state index in [-0.39, 0.29) is 12.1 Å². The Morgan fingerprint density at radius 3 is 3.00 bits per heavy atom. The van der Waals surface area contributed by atoms with Crippen LogP contribution in [0.15, 0.2) is 12.1 Å². The largest absolute Gasteiger partial charge is 0.505 e. The molecular weight excluding hydrogens is 162 g/mol. The summed E-state index contributed by atoms with van der Waals surface area (Å²) in [5.41, 5.74) is 0.632. The van der Waals surface area contributed by atoms with Gasteiger partial charge in [0.15, 0.2) is 11.6 Å². The molecule has 0 amide bonds. The minimum Gasteiger partial charge on any atom is -0.505 e. The van der Waals surface area contributed by atoms with Crippen LogP contribution >= 0.6 is 0 Å². The van der Waals surface area contributed by atoms with Gasteiger partial charge in [0.2, 0.25) is 0 Å². The van der Waals surface area contributed by atoms with Gasteiger partial charge in [-0.25, -0.2) is 4.39 Å². The summed E-state index contributed by atoms with van der Waals surface area (Å²) in [7, 11) is -1.24. The van der Waals surface area contributed by atoms with Crippen molar-refractivity contribution in [1.29, 1.82) is 0 Å². The van der Waals surface area contributed by atoms with E-state index < -0.39 is 18.7 Å². The molecule has 0 aliphatic carbocycles. The van der Waals surface area contributed by atoms with Gasteiger partial charge in [-0.3, -0.25) is 0 Å². The van der Waals surface area contributed by atoms with E-state index in [1.807, 2.05) is 0 Å². The van der Waals surface area contributed by atoms with Crippen LogP contribution < -0.4 is 5.46 Å². The Hall–Kier alpha value is -1.07. The van der Waals surface area contributed by atoms with Crippen molar-refractivity contribution in [2.24, 2.45) is 0 Å². The van der Waals surface area contributed by atoms with Gasteiger partial charge in [-0.15, -0.1) is 0 Å².